The third-order valence-corrected chi connectivity index (χ3v) is 5.59. The minimum atomic E-state index is -3.87. The summed E-state index contributed by atoms with van der Waals surface area (Å²) in [5.74, 6) is -0.522. The standard InChI is InChI=1S/C18H19FN2O3S/c1-12-14(15-5-3-4-6-16(15)21-12)9-10-20-25(22,23)18-11-13(19)7-8-17(18)24-2/h3-8,11,20-21H,9-10H2,1-2H3. The van der Waals surface area contributed by atoms with E-state index < -0.39 is 15.8 Å². The first kappa shape index (κ1) is 17.4. The number of para-hydroxylation sites is 1. The van der Waals surface area contributed by atoms with Gasteiger partial charge in [0.2, 0.25) is 10.0 Å². The molecule has 0 fully saturated rings. The number of benzene rings is 2. The number of aromatic nitrogens is 1. The lowest BCUT2D eigenvalue weighted by atomic mass is 10.1. The number of hydrogen-bond donors (Lipinski definition) is 2. The quantitative estimate of drug-likeness (QED) is 0.708. The molecule has 0 unspecified atom stereocenters. The number of hydrogen-bond acceptors (Lipinski definition) is 3. The van der Waals surface area contributed by atoms with Gasteiger partial charge in [0, 0.05) is 23.1 Å². The number of aromatic amines is 1. The molecule has 5 nitrogen and oxygen atoms in total. The lowest BCUT2D eigenvalue weighted by molar-refractivity contribution is 0.400. The van der Waals surface area contributed by atoms with Crippen LogP contribution < -0.4 is 9.46 Å². The number of ether oxygens (including phenoxy) is 1. The first-order chi connectivity index (χ1) is 11.9. The minimum absolute atomic E-state index is 0.108. The number of aryl methyl sites for hydroxylation is 1. The van der Waals surface area contributed by atoms with E-state index in [9.17, 15) is 12.8 Å². The van der Waals surface area contributed by atoms with Crippen LogP contribution in [0.2, 0.25) is 0 Å². The first-order valence-corrected chi connectivity index (χ1v) is 9.30. The van der Waals surface area contributed by atoms with Gasteiger partial charge in [-0.2, -0.15) is 0 Å². The highest BCUT2D eigenvalue weighted by Crippen LogP contribution is 2.25. The van der Waals surface area contributed by atoms with Gasteiger partial charge in [-0.05, 0) is 43.2 Å². The van der Waals surface area contributed by atoms with Crippen LogP contribution in [0.25, 0.3) is 10.9 Å². The molecule has 0 aliphatic carbocycles. The minimum Gasteiger partial charge on any atom is -0.495 e. The van der Waals surface area contributed by atoms with Gasteiger partial charge in [0.05, 0.1) is 7.11 Å². The lowest BCUT2D eigenvalue weighted by Gasteiger charge is -2.11. The lowest BCUT2D eigenvalue weighted by Crippen LogP contribution is -2.26. The monoisotopic (exact) mass is 362 g/mol. The Balaban J connectivity index is 1.79. The molecule has 0 atom stereocenters. The molecule has 0 amide bonds. The Kier molecular flexibility index (Phi) is 4.78. The Bertz CT molecular complexity index is 1010. The van der Waals surface area contributed by atoms with Crippen LogP contribution in [0.15, 0.2) is 47.4 Å². The SMILES string of the molecule is COc1ccc(F)cc1S(=O)(=O)NCCc1c(C)[nH]c2ccccc12. The molecule has 0 radical (unpaired) electrons. The molecule has 2 N–H and O–H groups in total. The van der Waals surface area contributed by atoms with Crippen molar-refractivity contribution in [3.05, 3.63) is 59.5 Å². The van der Waals surface area contributed by atoms with Crippen molar-refractivity contribution in [3.63, 3.8) is 0 Å². The van der Waals surface area contributed by atoms with E-state index in [0.29, 0.717) is 6.42 Å². The van der Waals surface area contributed by atoms with E-state index in [1.165, 1.54) is 13.2 Å². The summed E-state index contributed by atoms with van der Waals surface area (Å²) in [5.41, 5.74) is 3.08. The number of rotatable bonds is 6. The second-order valence-electron chi connectivity index (χ2n) is 5.72. The van der Waals surface area contributed by atoms with Crippen molar-refractivity contribution in [3.8, 4) is 5.75 Å². The molecule has 2 aromatic carbocycles. The average molecular weight is 362 g/mol. The van der Waals surface area contributed by atoms with Crippen LogP contribution in [-0.2, 0) is 16.4 Å². The molecular weight excluding hydrogens is 343 g/mol. The topological polar surface area (TPSA) is 71.2 Å². The zero-order chi connectivity index (χ0) is 18.0. The van der Waals surface area contributed by atoms with Crippen molar-refractivity contribution in [2.24, 2.45) is 0 Å². The van der Waals surface area contributed by atoms with Crippen LogP contribution in [0.4, 0.5) is 4.39 Å². The second kappa shape index (κ2) is 6.85. The van der Waals surface area contributed by atoms with Crippen molar-refractivity contribution in [1.29, 1.82) is 0 Å². The summed E-state index contributed by atoms with van der Waals surface area (Å²) >= 11 is 0. The summed E-state index contributed by atoms with van der Waals surface area (Å²) in [4.78, 5) is 3.08. The molecule has 0 aliphatic rings. The van der Waals surface area contributed by atoms with Crippen molar-refractivity contribution in [2.75, 3.05) is 13.7 Å². The highest BCUT2D eigenvalue weighted by atomic mass is 32.2. The van der Waals surface area contributed by atoms with Gasteiger partial charge in [0.25, 0.3) is 0 Å². The zero-order valence-electron chi connectivity index (χ0n) is 14.0. The van der Waals surface area contributed by atoms with Crippen LogP contribution in [-0.4, -0.2) is 27.1 Å². The average Bonchev–Trinajstić information content (AvgIpc) is 2.90. The summed E-state index contributed by atoms with van der Waals surface area (Å²) < 4.78 is 45.9. The fraction of sp³-hybridized carbons (Fsp3) is 0.222. The summed E-state index contributed by atoms with van der Waals surface area (Å²) in [7, 11) is -2.52. The van der Waals surface area contributed by atoms with Gasteiger partial charge in [-0.15, -0.1) is 0 Å². The van der Waals surface area contributed by atoms with E-state index in [1.54, 1.807) is 0 Å². The summed E-state index contributed by atoms with van der Waals surface area (Å²) in [5, 5.41) is 1.07. The number of H-pyrrole nitrogens is 1. The number of methoxy groups -OCH3 is 1. The normalized spacial score (nSPS) is 11.8. The molecule has 3 aromatic rings. The Labute approximate surface area is 145 Å². The van der Waals surface area contributed by atoms with Gasteiger partial charge in [-0.1, -0.05) is 18.2 Å². The molecule has 7 heteroatoms. The third-order valence-electron chi connectivity index (χ3n) is 4.11. The Morgan fingerprint density at radius 3 is 2.72 bits per heavy atom. The molecular formula is C18H19FN2O3S. The number of halogens is 1. The number of nitrogens with one attached hydrogen (secondary N) is 2. The summed E-state index contributed by atoms with van der Waals surface area (Å²) in [6.07, 6.45) is 0.521. The maximum absolute atomic E-state index is 13.4. The second-order valence-corrected chi connectivity index (χ2v) is 7.45. The van der Waals surface area contributed by atoms with Gasteiger partial charge in [-0.3, -0.25) is 0 Å². The fourth-order valence-corrected chi connectivity index (χ4v) is 4.12. The Hall–Kier alpha value is -2.38. The molecule has 1 aromatic heterocycles. The van der Waals surface area contributed by atoms with Crippen molar-refractivity contribution >= 4 is 20.9 Å². The van der Waals surface area contributed by atoms with E-state index in [1.807, 2.05) is 31.2 Å². The molecule has 3 rings (SSSR count). The van der Waals surface area contributed by atoms with Crippen LogP contribution >= 0.6 is 0 Å². The molecule has 0 aliphatic heterocycles. The highest BCUT2D eigenvalue weighted by Gasteiger charge is 2.20. The van der Waals surface area contributed by atoms with Gasteiger partial charge < -0.3 is 9.72 Å². The van der Waals surface area contributed by atoms with Crippen molar-refractivity contribution in [1.82, 2.24) is 9.71 Å². The molecule has 0 bridgehead atoms. The van der Waals surface area contributed by atoms with Crippen LogP contribution in [0, 0.1) is 12.7 Å². The van der Waals surface area contributed by atoms with Crippen LogP contribution in [0.1, 0.15) is 11.3 Å². The zero-order valence-corrected chi connectivity index (χ0v) is 14.8. The maximum atomic E-state index is 13.4. The summed E-state index contributed by atoms with van der Waals surface area (Å²) in [6, 6.07) is 11.3. The van der Waals surface area contributed by atoms with Gasteiger partial charge in [0.1, 0.15) is 16.5 Å². The van der Waals surface area contributed by atoms with Crippen LogP contribution in [0.5, 0.6) is 5.75 Å². The van der Waals surface area contributed by atoms with E-state index in [-0.39, 0.29) is 17.2 Å². The maximum Gasteiger partial charge on any atom is 0.244 e. The molecule has 0 spiro atoms. The Morgan fingerprint density at radius 2 is 1.96 bits per heavy atom. The highest BCUT2D eigenvalue weighted by molar-refractivity contribution is 7.89. The van der Waals surface area contributed by atoms with E-state index in [2.05, 4.69) is 9.71 Å². The van der Waals surface area contributed by atoms with Crippen LogP contribution in [0.3, 0.4) is 0 Å². The number of fused-ring (bicyclic) bond motifs is 1. The van der Waals surface area contributed by atoms with Gasteiger partial charge in [-0.25, -0.2) is 17.5 Å². The van der Waals surface area contributed by atoms with Gasteiger partial charge >= 0.3 is 0 Å². The van der Waals surface area contributed by atoms with Gasteiger partial charge in [0.15, 0.2) is 0 Å². The smallest absolute Gasteiger partial charge is 0.244 e. The van der Waals surface area contributed by atoms with Crippen molar-refractivity contribution < 1.29 is 17.5 Å². The Morgan fingerprint density at radius 1 is 1.20 bits per heavy atom. The largest absolute Gasteiger partial charge is 0.495 e. The predicted molar refractivity (Wildman–Crippen MR) is 94.9 cm³/mol. The molecule has 0 saturated carbocycles. The molecule has 0 saturated heterocycles. The fourth-order valence-electron chi connectivity index (χ4n) is 2.91. The molecule has 132 valence electrons. The third kappa shape index (κ3) is 3.52. The van der Waals surface area contributed by atoms with E-state index in [4.69, 9.17) is 4.74 Å². The van der Waals surface area contributed by atoms with Crippen molar-refractivity contribution in [2.45, 2.75) is 18.2 Å². The van der Waals surface area contributed by atoms with E-state index >= 15 is 0 Å². The molecule has 25 heavy (non-hydrogen) atoms. The summed E-state index contributed by atoms with van der Waals surface area (Å²) in [6.45, 7) is 2.16. The van der Waals surface area contributed by atoms with E-state index in [0.717, 1.165) is 34.3 Å². The first-order valence-electron chi connectivity index (χ1n) is 7.82. The predicted octanol–water partition coefficient (Wildman–Crippen LogP) is 3.15. The molecule has 1 heterocycles. The number of sulfonamides is 1.